The van der Waals surface area contributed by atoms with Crippen LogP contribution in [0.15, 0.2) is 6.20 Å². The van der Waals surface area contributed by atoms with Gasteiger partial charge in [0, 0.05) is 34.1 Å². The van der Waals surface area contributed by atoms with Crippen LogP contribution in [0.5, 0.6) is 0 Å². The zero-order valence-corrected chi connectivity index (χ0v) is 17.8. The van der Waals surface area contributed by atoms with Gasteiger partial charge in [-0.05, 0) is 5.41 Å². The maximum atomic E-state index is 13.4. The van der Waals surface area contributed by atoms with Crippen LogP contribution in [-0.4, -0.2) is 87.6 Å². The minimum atomic E-state index is -0.755. The van der Waals surface area contributed by atoms with Gasteiger partial charge >= 0.3 is 6.03 Å². The first-order valence-corrected chi connectivity index (χ1v) is 9.51. The molecule has 1 aliphatic heterocycles. The fraction of sp³-hybridized carbons (Fsp3) is 0.722. The van der Waals surface area contributed by atoms with Gasteiger partial charge in [0.2, 0.25) is 11.8 Å². The third-order valence-corrected chi connectivity index (χ3v) is 4.81. The number of amides is 4. The lowest BCUT2D eigenvalue weighted by atomic mass is 9.85. The summed E-state index contributed by atoms with van der Waals surface area (Å²) in [4.78, 5) is 40.1. The third-order valence-electron chi connectivity index (χ3n) is 4.81. The molecule has 1 fully saturated rings. The molecule has 1 saturated heterocycles. The van der Waals surface area contributed by atoms with Crippen LogP contribution >= 0.6 is 0 Å². The molecule has 0 spiro atoms. The second-order valence-corrected chi connectivity index (χ2v) is 8.52. The van der Waals surface area contributed by atoms with Crippen molar-refractivity contribution in [2.24, 2.45) is 5.41 Å². The molecule has 0 radical (unpaired) electrons. The SMILES string of the molecule is CNC(=O)[C@H]1CC(O)CN1C(=O)C(n1cc(CNC(=O)N(C)C)nn1)C(C)(C)C. The second-order valence-electron chi connectivity index (χ2n) is 8.52. The van der Waals surface area contributed by atoms with Gasteiger partial charge < -0.3 is 25.5 Å². The lowest BCUT2D eigenvalue weighted by molar-refractivity contribution is -0.144. The molecule has 2 rings (SSSR count). The van der Waals surface area contributed by atoms with E-state index in [4.69, 9.17) is 0 Å². The third kappa shape index (κ3) is 5.22. The number of aliphatic hydroxyl groups is 1. The maximum absolute atomic E-state index is 13.4. The Morgan fingerprint density at radius 3 is 2.55 bits per heavy atom. The number of nitrogens with one attached hydrogen (secondary N) is 2. The van der Waals surface area contributed by atoms with Gasteiger partial charge in [0.15, 0.2) is 0 Å². The second kappa shape index (κ2) is 8.76. The zero-order chi connectivity index (χ0) is 21.9. The van der Waals surface area contributed by atoms with E-state index in [1.54, 1.807) is 20.3 Å². The number of nitrogens with zero attached hydrogens (tertiary/aromatic N) is 5. The normalized spacial score (nSPS) is 20.3. The molecule has 4 amide bonds. The van der Waals surface area contributed by atoms with Crippen molar-refractivity contribution in [2.75, 3.05) is 27.7 Å². The first kappa shape index (κ1) is 22.6. The number of likely N-dealkylation sites (tertiary alicyclic amines) is 1. The number of hydrogen-bond acceptors (Lipinski definition) is 6. The fourth-order valence-corrected chi connectivity index (χ4v) is 3.35. The molecule has 11 nitrogen and oxygen atoms in total. The van der Waals surface area contributed by atoms with E-state index in [1.807, 2.05) is 20.8 Å². The van der Waals surface area contributed by atoms with E-state index in [0.29, 0.717) is 5.69 Å². The van der Waals surface area contributed by atoms with Gasteiger partial charge in [0.05, 0.1) is 18.8 Å². The Morgan fingerprint density at radius 1 is 1.34 bits per heavy atom. The molecular formula is C18H31N7O4. The van der Waals surface area contributed by atoms with Crippen LogP contribution < -0.4 is 10.6 Å². The largest absolute Gasteiger partial charge is 0.391 e. The number of urea groups is 1. The molecule has 3 N–H and O–H groups in total. The highest BCUT2D eigenvalue weighted by Gasteiger charge is 2.44. The van der Waals surface area contributed by atoms with Crippen molar-refractivity contribution in [1.29, 1.82) is 0 Å². The number of carbonyl (C=O) groups excluding carboxylic acids is 3. The van der Waals surface area contributed by atoms with E-state index < -0.39 is 23.6 Å². The first-order chi connectivity index (χ1) is 13.5. The molecule has 3 atom stereocenters. The van der Waals surface area contributed by atoms with E-state index in [2.05, 4.69) is 20.9 Å². The molecule has 0 aliphatic carbocycles. The molecule has 11 heteroatoms. The Bertz CT molecular complexity index is 756. The molecule has 162 valence electrons. The molecule has 1 aromatic rings. The van der Waals surface area contributed by atoms with Gasteiger partial charge in [0.1, 0.15) is 17.8 Å². The molecule has 2 heterocycles. The van der Waals surface area contributed by atoms with E-state index in [0.717, 1.165) is 0 Å². The Kier molecular flexibility index (Phi) is 6.83. The summed E-state index contributed by atoms with van der Waals surface area (Å²) >= 11 is 0. The van der Waals surface area contributed by atoms with Crippen molar-refractivity contribution < 1.29 is 19.5 Å². The van der Waals surface area contributed by atoms with Gasteiger partial charge in [0.25, 0.3) is 0 Å². The maximum Gasteiger partial charge on any atom is 0.317 e. The predicted molar refractivity (Wildman–Crippen MR) is 105 cm³/mol. The lowest BCUT2D eigenvalue weighted by Crippen LogP contribution is -2.49. The van der Waals surface area contributed by atoms with Crippen molar-refractivity contribution in [2.45, 2.75) is 51.9 Å². The molecule has 1 aliphatic rings. The highest BCUT2D eigenvalue weighted by Crippen LogP contribution is 2.34. The highest BCUT2D eigenvalue weighted by molar-refractivity contribution is 5.90. The van der Waals surface area contributed by atoms with E-state index >= 15 is 0 Å². The summed E-state index contributed by atoms with van der Waals surface area (Å²) in [5.74, 6) is -0.621. The number of β-amino-alcohol motifs (C(OH)–C–C–N with tert-alkyl or cyclic N) is 1. The average molecular weight is 409 g/mol. The summed E-state index contributed by atoms with van der Waals surface area (Å²) in [6.45, 7) is 5.94. The van der Waals surface area contributed by atoms with Crippen molar-refractivity contribution in [3.05, 3.63) is 11.9 Å². The summed E-state index contributed by atoms with van der Waals surface area (Å²) in [6, 6.07) is -1.72. The minimum absolute atomic E-state index is 0.0872. The molecule has 0 bridgehead atoms. The van der Waals surface area contributed by atoms with Crippen molar-refractivity contribution in [3.63, 3.8) is 0 Å². The zero-order valence-electron chi connectivity index (χ0n) is 17.8. The van der Waals surface area contributed by atoms with Crippen molar-refractivity contribution >= 4 is 17.8 Å². The van der Waals surface area contributed by atoms with E-state index in [-0.39, 0.29) is 37.4 Å². The molecule has 0 saturated carbocycles. The Labute approximate surface area is 170 Å². The van der Waals surface area contributed by atoms with Crippen LogP contribution in [0.1, 0.15) is 38.9 Å². The summed E-state index contributed by atoms with van der Waals surface area (Å²) in [5.41, 5.74) is -0.0260. The van der Waals surface area contributed by atoms with Crippen LogP contribution in [0.2, 0.25) is 0 Å². The standard InChI is InChI=1S/C18H31N7O4/c1-18(2,3)14(16(28)24-10-12(26)7-13(24)15(27)19-4)25-9-11(21-22-25)8-20-17(29)23(5)6/h9,12-14,26H,7-8,10H2,1-6H3,(H,19,27)(H,20,29)/t12?,13-,14?/m1/s1. The van der Waals surface area contributed by atoms with Gasteiger partial charge in [-0.2, -0.15) is 0 Å². The summed E-state index contributed by atoms with van der Waals surface area (Å²) in [5, 5.41) is 23.4. The fourth-order valence-electron chi connectivity index (χ4n) is 3.35. The smallest absolute Gasteiger partial charge is 0.317 e. The topological polar surface area (TPSA) is 133 Å². The van der Waals surface area contributed by atoms with E-state index in [9.17, 15) is 19.5 Å². The molecule has 1 aromatic heterocycles. The molecule has 2 unspecified atom stereocenters. The predicted octanol–water partition coefficient (Wildman–Crippen LogP) is -0.656. The number of rotatable bonds is 5. The monoisotopic (exact) mass is 409 g/mol. The van der Waals surface area contributed by atoms with E-state index in [1.165, 1.54) is 21.5 Å². The Balaban J connectivity index is 2.25. The summed E-state index contributed by atoms with van der Waals surface area (Å²) in [7, 11) is 4.77. The number of aromatic nitrogens is 3. The van der Waals surface area contributed by atoms with Crippen molar-refractivity contribution in [3.8, 4) is 0 Å². The van der Waals surface area contributed by atoms with Gasteiger partial charge in [-0.15, -0.1) is 5.10 Å². The highest BCUT2D eigenvalue weighted by atomic mass is 16.3. The number of hydrogen-bond donors (Lipinski definition) is 3. The van der Waals surface area contributed by atoms with Gasteiger partial charge in [-0.25, -0.2) is 9.48 Å². The van der Waals surface area contributed by atoms with Crippen LogP contribution in [0.25, 0.3) is 0 Å². The summed E-state index contributed by atoms with van der Waals surface area (Å²) in [6.07, 6.45) is 1.06. The quantitative estimate of drug-likeness (QED) is 0.592. The van der Waals surface area contributed by atoms with Crippen LogP contribution in [0.4, 0.5) is 4.79 Å². The Hall–Kier alpha value is -2.69. The number of likely N-dealkylation sites (N-methyl/N-ethyl adjacent to an activating group) is 1. The van der Waals surface area contributed by atoms with Crippen LogP contribution in [0, 0.1) is 5.41 Å². The number of carbonyl (C=O) groups is 3. The lowest BCUT2D eigenvalue weighted by Gasteiger charge is -2.34. The molecular weight excluding hydrogens is 378 g/mol. The minimum Gasteiger partial charge on any atom is -0.391 e. The molecule has 0 aromatic carbocycles. The van der Waals surface area contributed by atoms with Crippen LogP contribution in [0.3, 0.4) is 0 Å². The molecule has 29 heavy (non-hydrogen) atoms. The van der Waals surface area contributed by atoms with Crippen LogP contribution in [-0.2, 0) is 16.1 Å². The average Bonchev–Trinajstić information content (AvgIpc) is 3.24. The summed E-state index contributed by atoms with van der Waals surface area (Å²) < 4.78 is 1.46. The van der Waals surface area contributed by atoms with Gasteiger partial charge in [-0.1, -0.05) is 26.0 Å². The first-order valence-electron chi connectivity index (χ1n) is 9.51. The van der Waals surface area contributed by atoms with Crippen molar-refractivity contribution in [1.82, 2.24) is 35.4 Å². The Morgan fingerprint density at radius 2 is 2.00 bits per heavy atom. The number of aliphatic hydroxyl groups excluding tert-OH is 1. The van der Waals surface area contributed by atoms with Gasteiger partial charge in [-0.3, -0.25) is 9.59 Å².